The first-order valence-electron chi connectivity index (χ1n) is 9.69. The van der Waals surface area contributed by atoms with Crippen molar-refractivity contribution in [3.8, 4) is 11.1 Å². The zero-order valence-electron chi connectivity index (χ0n) is 15.6. The highest BCUT2D eigenvalue weighted by Gasteiger charge is 2.22. The lowest BCUT2D eigenvalue weighted by atomic mass is 10.0. The van der Waals surface area contributed by atoms with E-state index in [0.29, 0.717) is 6.54 Å². The lowest BCUT2D eigenvalue weighted by Crippen LogP contribution is -2.37. The van der Waals surface area contributed by atoms with Crippen molar-refractivity contribution in [3.63, 3.8) is 0 Å². The Morgan fingerprint density at radius 1 is 1.22 bits per heavy atom. The molecule has 1 fully saturated rings. The molecule has 1 aromatic heterocycles. The fraction of sp³-hybridized carbons (Fsp3) is 0.364. The van der Waals surface area contributed by atoms with Gasteiger partial charge in [-0.1, -0.05) is 25.1 Å². The Bertz CT molecular complexity index is 911. The molecule has 0 unspecified atom stereocenters. The highest BCUT2D eigenvalue weighted by atomic mass is 16.5. The first-order chi connectivity index (χ1) is 13.2. The molecule has 140 valence electrons. The minimum Gasteiger partial charge on any atom is -0.376 e. The summed E-state index contributed by atoms with van der Waals surface area (Å²) in [5.74, 6) is 0.0860. The molecule has 5 nitrogen and oxygen atoms in total. The van der Waals surface area contributed by atoms with E-state index in [-0.39, 0.29) is 12.0 Å². The van der Waals surface area contributed by atoms with E-state index in [1.165, 1.54) is 0 Å². The molecule has 1 aliphatic heterocycles. The molecule has 0 radical (unpaired) electrons. The Balaban J connectivity index is 1.51. The van der Waals surface area contributed by atoms with Crippen LogP contribution in [0.1, 0.15) is 36.5 Å². The van der Waals surface area contributed by atoms with Crippen molar-refractivity contribution in [3.05, 3.63) is 54.4 Å². The summed E-state index contributed by atoms with van der Waals surface area (Å²) in [5.41, 5.74) is 4.89. The van der Waals surface area contributed by atoms with Crippen molar-refractivity contribution in [2.24, 2.45) is 0 Å². The van der Waals surface area contributed by atoms with Gasteiger partial charge in [0.2, 0.25) is 0 Å². The average molecular weight is 363 g/mol. The number of nitrogens with one attached hydrogen (secondary N) is 1. The van der Waals surface area contributed by atoms with Gasteiger partial charge in [-0.05, 0) is 54.7 Å². The van der Waals surface area contributed by atoms with E-state index in [2.05, 4.69) is 29.0 Å². The van der Waals surface area contributed by atoms with Gasteiger partial charge in [0, 0.05) is 25.3 Å². The number of carbonyl (C=O) groups excluding carboxylic acids is 1. The highest BCUT2D eigenvalue weighted by molar-refractivity contribution is 5.95. The second kappa shape index (κ2) is 7.92. The fourth-order valence-electron chi connectivity index (χ4n) is 3.68. The SMILES string of the molecule is CCCN(C[C@H]1CCCO1)C(=O)c1ccc(-c2ccc3nc[nH]c3c2)cc1. The summed E-state index contributed by atoms with van der Waals surface area (Å²) in [4.78, 5) is 22.3. The molecule has 5 heteroatoms. The topological polar surface area (TPSA) is 58.2 Å². The number of rotatable bonds is 6. The van der Waals surface area contributed by atoms with Gasteiger partial charge in [-0.3, -0.25) is 4.79 Å². The number of benzene rings is 2. The number of hydrogen-bond acceptors (Lipinski definition) is 3. The van der Waals surface area contributed by atoms with Crippen LogP contribution in [0.15, 0.2) is 48.8 Å². The molecule has 27 heavy (non-hydrogen) atoms. The van der Waals surface area contributed by atoms with Crippen molar-refractivity contribution in [2.45, 2.75) is 32.3 Å². The van der Waals surface area contributed by atoms with Crippen LogP contribution in [0.4, 0.5) is 0 Å². The van der Waals surface area contributed by atoms with E-state index < -0.39 is 0 Å². The van der Waals surface area contributed by atoms with Gasteiger partial charge in [0.25, 0.3) is 5.91 Å². The number of hydrogen-bond donors (Lipinski definition) is 1. The summed E-state index contributed by atoms with van der Waals surface area (Å²) in [6.45, 7) is 4.36. The first-order valence-corrected chi connectivity index (χ1v) is 9.69. The van der Waals surface area contributed by atoms with E-state index >= 15 is 0 Å². The maximum atomic E-state index is 13.0. The number of aromatic nitrogens is 2. The molecule has 1 aliphatic rings. The van der Waals surface area contributed by atoms with E-state index in [9.17, 15) is 4.79 Å². The molecule has 1 atom stereocenters. The fourth-order valence-corrected chi connectivity index (χ4v) is 3.68. The summed E-state index contributed by atoms with van der Waals surface area (Å²) in [5, 5.41) is 0. The maximum Gasteiger partial charge on any atom is 0.253 e. The zero-order chi connectivity index (χ0) is 18.6. The first kappa shape index (κ1) is 17.7. The van der Waals surface area contributed by atoms with Crippen LogP contribution in [0.5, 0.6) is 0 Å². The Morgan fingerprint density at radius 3 is 2.78 bits per heavy atom. The lowest BCUT2D eigenvalue weighted by Gasteiger charge is -2.25. The van der Waals surface area contributed by atoms with E-state index in [4.69, 9.17) is 4.74 Å². The molecule has 1 amide bonds. The van der Waals surface area contributed by atoms with Crippen LogP contribution in [-0.4, -0.2) is 46.6 Å². The molecule has 4 rings (SSSR count). The van der Waals surface area contributed by atoms with Gasteiger partial charge in [0.1, 0.15) is 0 Å². The molecule has 0 saturated carbocycles. The third kappa shape index (κ3) is 3.88. The summed E-state index contributed by atoms with van der Waals surface area (Å²) >= 11 is 0. The standard InChI is InChI=1S/C22H25N3O2/c1-2-11-25(14-19-4-3-12-27-19)22(26)17-7-5-16(6-8-17)18-9-10-20-21(13-18)24-15-23-20/h5-10,13,15,19H,2-4,11-12,14H2,1H3,(H,23,24)/t19-/m1/s1. The van der Waals surface area contributed by atoms with Crippen molar-refractivity contribution in [1.29, 1.82) is 0 Å². The number of amides is 1. The van der Waals surface area contributed by atoms with Crippen molar-refractivity contribution < 1.29 is 9.53 Å². The highest BCUT2D eigenvalue weighted by Crippen LogP contribution is 2.24. The zero-order valence-corrected chi connectivity index (χ0v) is 15.6. The second-order valence-corrected chi connectivity index (χ2v) is 7.10. The number of aromatic amines is 1. The quantitative estimate of drug-likeness (QED) is 0.712. The predicted octanol–water partition coefficient (Wildman–Crippen LogP) is 4.26. The largest absolute Gasteiger partial charge is 0.376 e. The van der Waals surface area contributed by atoms with Crippen LogP contribution in [0, 0.1) is 0 Å². The molecule has 2 heterocycles. The Morgan fingerprint density at radius 2 is 2.04 bits per heavy atom. The smallest absolute Gasteiger partial charge is 0.253 e. The minimum atomic E-state index is 0.0860. The van der Waals surface area contributed by atoms with Gasteiger partial charge in [0.15, 0.2) is 0 Å². The molecule has 3 aromatic rings. The number of H-pyrrole nitrogens is 1. The summed E-state index contributed by atoms with van der Waals surface area (Å²) in [6.07, 6.45) is 4.96. The number of fused-ring (bicyclic) bond motifs is 1. The van der Waals surface area contributed by atoms with E-state index in [0.717, 1.165) is 60.1 Å². The average Bonchev–Trinajstić information content (AvgIpc) is 3.38. The van der Waals surface area contributed by atoms with Gasteiger partial charge < -0.3 is 14.6 Å². The van der Waals surface area contributed by atoms with Crippen LogP contribution < -0.4 is 0 Å². The van der Waals surface area contributed by atoms with Crippen molar-refractivity contribution >= 4 is 16.9 Å². The number of nitrogens with zero attached hydrogens (tertiary/aromatic N) is 2. The monoisotopic (exact) mass is 363 g/mol. The molecule has 0 aliphatic carbocycles. The number of imidazole rings is 1. The van der Waals surface area contributed by atoms with Gasteiger partial charge in [0.05, 0.1) is 23.5 Å². The van der Waals surface area contributed by atoms with Gasteiger partial charge >= 0.3 is 0 Å². The third-order valence-electron chi connectivity index (χ3n) is 5.11. The van der Waals surface area contributed by atoms with E-state index in [1.807, 2.05) is 35.2 Å². The lowest BCUT2D eigenvalue weighted by molar-refractivity contribution is 0.0526. The van der Waals surface area contributed by atoms with Gasteiger partial charge in [-0.15, -0.1) is 0 Å². The summed E-state index contributed by atoms with van der Waals surface area (Å²) in [6, 6.07) is 14.0. The Labute approximate surface area is 159 Å². The predicted molar refractivity (Wildman–Crippen MR) is 107 cm³/mol. The summed E-state index contributed by atoms with van der Waals surface area (Å²) < 4.78 is 5.72. The molecule has 1 saturated heterocycles. The summed E-state index contributed by atoms with van der Waals surface area (Å²) in [7, 11) is 0. The van der Waals surface area contributed by atoms with Crippen LogP contribution in [0.25, 0.3) is 22.2 Å². The minimum absolute atomic E-state index is 0.0860. The van der Waals surface area contributed by atoms with E-state index in [1.54, 1.807) is 6.33 Å². The Kier molecular flexibility index (Phi) is 5.21. The van der Waals surface area contributed by atoms with Crippen molar-refractivity contribution in [2.75, 3.05) is 19.7 Å². The Hall–Kier alpha value is -2.66. The maximum absolute atomic E-state index is 13.0. The van der Waals surface area contributed by atoms with Crippen LogP contribution in [0.3, 0.4) is 0 Å². The van der Waals surface area contributed by atoms with Gasteiger partial charge in [-0.2, -0.15) is 0 Å². The molecule has 2 aromatic carbocycles. The number of ether oxygens (including phenoxy) is 1. The van der Waals surface area contributed by atoms with Crippen LogP contribution >= 0.6 is 0 Å². The second-order valence-electron chi connectivity index (χ2n) is 7.10. The van der Waals surface area contributed by atoms with Crippen molar-refractivity contribution in [1.82, 2.24) is 14.9 Å². The normalized spacial score (nSPS) is 16.7. The van der Waals surface area contributed by atoms with Gasteiger partial charge in [-0.25, -0.2) is 4.98 Å². The molecular formula is C22H25N3O2. The molecule has 0 bridgehead atoms. The molecular weight excluding hydrogens is 338 g/mol. The number of carbonyl (C=O) groups is 1. The molecule has 1 N–H and O–H groups in total. The third-order valence-corrected chi connectivity index (χ3v) is 5.11. The van der Waals surface area contributed by atoms with Crippen LogP contribution in [0.2, 0.25) is 0 Å². The van der Waals surface area contributed by atoms with Crippen LogP contribution in [-0.2, 0) is 4.74 Å². The molecule has 0 spiro atoms.